The van der Waals surface area contributed by atoms with Gasteiger partial charge in [0.1, 0.15) is 0 Å². The van der Waals surface area contributed by atoms with Crippen LogP contribution in [0.5, 0.6) is 0 Å². The number of rotatable bonds is 4. The molecule has 0 radical (unpaired) electrons. The molecular formula is C11H22O2. The lowest BCUT2D eigenvalue weighted by Crippen LogP contribution is -2.30. The second kappa shape index (κ2) is 4.43. The number of methoxy groups -OCH3 is 2. The van der Waals surface area contributed by atoms with Gasteiger partial charge in [0.2, 0.25) is 0 Å². The van der Waals surface area contributed by atoms with Crippen molar-refractivity contribution >= 4 is 0 Å². The zero-order chi connectivity index (χ0) is 9.90. The van der Waals surface area contributed by atoms with Crippen LogP contribution in [-0.4, -0.2) is 20.0 Å². The molecule has 1 aliphatic rings. The zero-order valence-electron chi connectivity index (χ0n) is 9.30. The van der Waals surface area contributed by atoms with Gasteiger partial charge in [-0.3, -0.25) is 0 Å². The van der Waals surface area contributed by atoms with Gasteiger partial charge in [-0.1, -0.05) is 26.7 Å². The Morgan fingerprint density at radius 1 is 1.00 bits per heavy atom. The lowest BCUT2D eigenvalue weighted by Gasteiger charge is -2.26. The molecule has 2 unspecified atom stereocenters. The Balaban J connectivity index is 2.65. The lowest BCUT2D eigenvalue weighted by molar-refractivity contribution is -0.204. The molecule has 2 nitrogen and oxygen atoms in total. The highest BCUT2D eigenvalue weighted by molar-refractivity contribution is 4.88. The summed E-state index contributed by atoms with van der Waals surface area (Å²) >= 11 is 0. The van der Waals surface area contributed by atoms with E-state index in [1.807, 2.05) is 0 Å². The topological polar surface area (TPSA) is 18.5 Å². The van der Waals surface area contributed by atoms with E-state index in [-0.39, 0.29) is 5.79 Å². The van der Waals surface area contributed by atoms with Crippen molar-refractivity contribution in [1.82, 2.24) is 0 Å². The average Bonchev–Trinajstić information content (AvgIpc) is 2.57. The molecule has 13 heavy (non-hydrogen) atoms. The maximum atomic E-state index is 5.49. The fraction of sp³-hybridized carbons (Fsp3) is 1.00. The van der Waals surface area contributed by atoms with Crippen molar-refractivity contribution in [1.29, 1.82) is 0 Å². The van der Waals surface area contributed by atoms with Gasteiger partial charge in [-0.2, -0.15) is 0 Å². The molecule has 0 aliphatic heterocycles. The SMILES string of the molecule is CCC1CC(OC)(OC)CC1CC. The summed E-state index contributed by atoms with van der Waals surface area (Å²) in [5.41, 5.74) is 0. The largest absolute Gasteiger partial charge is 0.353 e. The maximum Gasteiger partial charge on any atom is 0.168 e. The first kappa shape index (κ1) is 11.0. The summed E-state index contributed by atoms with van der Waals surface area (Å²) in [6.07, 6.45) is 4.62. The third-order valence-corrected chi connectivity index (χ3v) is 3.61. The predicted molar refractivity (Wildman–Crippen MR) is 53.5 cm³/mol. The van der Waals surface area contributed by atoms with Crippen LogP contribution in [0.15, 0.2) is 0 Å². The summed E-state index contributed by atoms with van der Waals surface area (Å²) in [7, 11) is 3.52. The Bertz CT molecular complexity index is 138. The maximum absolute atomic E-state index is 5.49. The van der Waals surface area contributed by atoms with E-state index in [4.69, 9.17) is 9.47 Å². The zero-order valence-corrected chi connectivity index (χ0v) is 9.30. The monoisotopic (exact) mass is 186 g/mol. The Labute approximate surface area is 81.6 Å². The third kappa shape index (κ3) is 2.05. The summed E-state index contributed by atoms with van der Waals surface area (Å²) in [6, 6.07) is 0. The van der Waals surface area contributed by atoms with E-state index in [1.54, 1.807) is 14.2 Å². The number of hydrogen-bond donors (Lipinski definition) is 0. The van der Waals surface area contributed by atoms with Crippen molar-refractivity contribution in [3.8, 4) is 0 Å². The second-order valence-corrected chi connectivity index (χ2v) is 4.06. The van der Waals surface area contributed by atoms with E-state index >= 15 is 0 Å². The second-order valence-electron chi connectivity index (χ2n) is 4.06. The van der Waals surface area contributed by atoms with Gasteiger partial charge in [0.05, 0.1) is 0 Å². The highest BCUT2D eigenvalue weighted by Crippen LogP contribution is 2.44. The molecule has 0 amide bonds. The van der Waals surface area contributed by atoms with Crippen LogP contribution in [0.1, 0.15) is 39.5 Å². The van der Waals surface area contributed by atoms with Crippen LogP contribution in [-0.2, 0) is 9.47 Å². The standard InChI is InChI=1S/C11H22O2/c1-5-9-7-11(12-3,13-4)8-10(9)6-2/h9-10H,5-8H2,1-4H3. The molecule has 0 spiro atoms. The van der Waals surface area contributed by atoms with Crippen molar-refractivity contribution in [2.45, 2.75) is 45.3 Å². The van der Waals surface area contributed by atoms with Gasteiger partial charge < -0.3 is 9.47 Å². The van der Waals surface area contributed by atoms with Crippen molar-refractivity contribution in [2.24, 2.45) is 11.8 Å². The smallest absolute Gasteiger partial charge is 0.168 e. The normalized spacial score (nSPS) is 32.3. The minimum absolute atomic E-state index is 0.276. The van der Waals surface area contributed by atoms with E-state index in [0.29, 0.717) is 0 Å². The Morgan fingerprint density at radius 2 is 1.38 bits per heavy atom. The molecule has 0 N–H and O–H groups in total. The molecule has 0 saturated heterocycles. The molecule has 0 aromatic carbocycles. The van der Waals surface area contributed by atoms with Crippen LogP contribution < -0.4 is 0 Å². The molecule has 1 saturated carbocycles. The van der Waals surface area contributed by atoms with Crippen molar-refractivity contribution in [2.75, 3.05) is 14.2 Å². The molecular weight excluding hydrogens is 164 g/mol. The number of ether oxygens (including phenoxy) is 2. The first-order chi connectivity index (χ1) is 6.21. The molecule has 0 aromatic heterocycles. The van der Waals surface area contributed by atoms with Crippen molar-refractivity contribution in [3.05, 3.63) is 0 Å². The highest BCUT2D eigenvalue weighted by atomic mass is 16.7. The Hall–Kier alpha value is -0.0800. The minimum Gasteiger partial charge on any atom is -0.353 e. The van der Waals surface area contributed by atoms with E-state index in [0.717, 1.165) is 24.7 Å². The molecule has 0 heterocycles. The average molecular weight is 186 g/mol. The van der Waals surface area contributed by atoms with Crippen LogP contribution in [0.4, 0.5) is 0 Å². The van der Waals surface area contributed by atoms with Crippen LogP contribution >= 0.6 is 0 Å². The van der Waals surface area contributed by atoms with Gasteiger partial charge in [0, 0.05) is 27.1 Å². The molecule has 2 atom stereocenters. The van der Waals surface area contributed by atoms with E-state index in [1.165, 1.54) is 12.8 Å². The first-order valence-electron chi connectivity index (χ1n) is 5.31. The van der Waals surface area contributed by atoms with Gasteiger partial charge in [0.15, 0.2) is 5.79 Å². The van der Waals surface area contributed by atoms with Crippen LogP contribution in [0, 0.1) is 11.8 Å². The molecule has 0 aromatic rings. The highest BCUT2D eigenvalue weighted by Gasteiger charge is 2.44. The third-order valence-electron chi connectivity index (χ3n) is 3.61. The molecule has 78 valence electrons. The molecule has 1 fully saturated rings. The van der Waals surface area contributed by atoms with Gasteiger partial charge in [0.25, 0.3) is 0 Å². The van der Waals surface area contributed by atoms with E-state index < -0.39 is 0 Å². The van der Waals surface area contributed by atoms with Gasteiger partial charge in [-0.25, -0.2) is 0 Å². The summed E-state index contributed by atoms with van der Waals surface area (Å²) < 4.78 is 11.0. The van der Waals surface area contributed by atoms with E-state index in [2.05, 4.69) is 13.8 Å². The van der Waals surface area contributed by atoms with E-state index in [9.17, 15) is 0 Å². The Kier molecular flexibility index (Phi) is 3.74. The number of hydrogen-bond acceptors (Lipinski definition) is 2. The molecule has 0 bridgehead atoms. The van der Waals surface area contributed by atoms with Gasteiger partial charge >= 0.3 is 0 Å². The lowest BCUT2D eigenvalue weighted by atomic mass is 9.92. The molecule has 2 heteroatoms. The van der Waals surface area contributed by atoms with Crippen LogP contribution in [0.2, 0.25) is 0 Å². The fourth-order valence-corrected chi connectivity index (χ4v) is 2.59. The predicted octanol–water partition coefficient (Wildman–Crippen LogP) is 2.82. The summed E-state index contributed by atoms with van der Waals surface area (Å²) in [6.45, 7) is 4.52. The van der Waals surface area contributed by atoms with Crippen molar-refractivity contribution < 1.29 is 9.47 Å². The fourth-order valence-electron chi connectivity index (χ4n) is 2.59. The summed E-state index contributed by atoms with van der Waals surface area (Å²) in [5.74, 6) is 1.29. The van der Waals surface area contributed by atoms with Crippen LogP contribution in [0.3, 0.4) is 0 Å². The van der Waals surface area contributed by atoms with Crippen molar-refractivity contribution in [3.63, 3.8) is 0 Å². The Morgan fingerprint density at radius 3 is 1.62 bits per heavy atom. The quantitative estimate of drug-likeness (QED) is 0.628. The summed E-state index contributed by atoms with van der Waals surface area (Å²) in [4.78, 5) is 0. The van der Waals surface area contributed by atoms with Gasteiger partial charge in [-0.15, -0.1) is 0 Å². The molecule has 1 rings (SSSR count). The van der Waals surface area contributed by atoms with Gasteiger partial charge in [-0.05, 0) is 11.8 Å². The minimum atomic E-state index is -0.276. The van der Waals surface area contributed by atoms with Crippen LogP contribution in [0.25, 0.3) is 0 Å². The summed E-state index contributed by atoms with van der Waals surface area (Å²) in [5, 5.41) is 0. The first-order valence-corrected chi connectivity index (χ1v) is 5.31. The molecule has 1 aliphatic carbocycles.